The number of hydrogen-bond acceptors (Lipinski definition) is 3. The van der Waals surface area contributed by atoms with Crippen LogP contribution in [0.2, 0.25) is 0 Å². The SMILES string of the molecule is CN(N=C1C(=O)N(C)c2ccccc21)c1ccccc1. The van der Waals surface area contributed by atoms with Crippen LogP contribution in [0.4, 0.5) is 11.4 Å². The van der Waals surface area contributed by atoms with Gasteiger partial charge in [0.15, 0.2) is 5.71 Å². The fourth-order valence-electron chi connectivity index (χ4n) is 2.30. The molecule has 0 spiro atoms. The minimum Gasteiger partial charge on any atom is -0.309 e. The van der Waals surface area contributed by atoms with Crippen LogP contribution in [0.3, 0.4) is 0 Å². The van der Waals surface area contributed by atoms with Gasteiger partial charge in [0.05, 0.1) is 11.4 Å². The van der Waals surface area contributed by atoms with Crippen LogP contribution >= 0.6 is 0 Å². The zero-order valence-electron chi connectivity index (χ0n) is 11.4. The van der Waals surface area contributed by atoms with Gasteiger partial charge in [-0.05, 0) is 18.2 Å². The number of rotatable bonds is 2. The first-order valence-electron chi connectivity index (χ1n) is 6.43. The largest absolute Gasteiger partial charge is 0.309 e. The number of benzene rings is 2. The monoisotopic (exact) mass is 265 g/mol. The van der Waals surface area contributed by atoms with E-state index >= 15 is 0 Å². The molecule has 1 amide bonds. The third-order valence-electron chi connectivity index (χ3n) is 3.41. The van der Waals surface area contributed by atoms with Crippen LogP contribution < -0.4 is 9.91 Å². The van der Waals surface area contributed by atoms with Crippen LogP contribution in [0.1, 0.15) is 5.56 Å². The van der Waals surface area contributed by atoms with Crippen LogP contribution in [0, 0.1) is 0 Å². The van der Waals surface area contributed by atoms with Crippen molar-refractivity contribution in [3.63, 3.8) is 0 Å². The molecule has 0 fully saturated rings. The highest BCUT2D eigenvalue weighted by molar-refractivity contribution is 6.54. The maximum absolute atomic E-state index is 12.3. The summed E-state index contributed by atoms with van der Waals surface area (Å²) in [6.45, 7) is 0. The Morgan fingerprint density at radius 2 is 1.65 bits per heavy atom. The molecule has 3 rings (SSSR count). The molecule has 100 valence electrons. The Hall–Kier alpha value is -2.62. The Morgan fingerprint density at radius 1 is 1.00 bits per heavy atom. The summed E-state index contributed by atoms with van der Waals surface area (Å²) in [4.78, 5) is 13.9. The Bertz CT molecular complexity index is 679. The number of hydrazone groups is 1. The molecule has 4 heteroatoms. The lowest BCUT2D eigenvalue weighted by molar-refractivity contribution is -0.111. The van der Waals surface area contributed by atoms with Gasteiger partial charge in [-0.1, -0.05) is 36.4 Å². The number of nitrogens with zero attached hydrogens (tertiary/aromatic N) is 3. The zero-order chi connectivity index (χ0) is 14.1. The summed E-state index contributed by atoms with van der Waals surface area (Å²) in [6.07, 6.45) is 0. The lowest BCUT2D eigenvalue weighted by Gasteiger charge is -2.13. The first-order valence-corrected chi connectivity index (χ1v) is 6.43. The number of fused-ring (bicyclic) bond motifs is 1. The first-order chi connectivity index (χ1) is 9.68. The molecule has 1 aliphatic heterocycles. The van der Waals surface area contributed by atoms with Crippen molar-refractivity contribution in [2.45, 2.75) is 0 Å². The average Bonchev–Trinajstić information content (AvgIpc) is 2.74. The number of likely N-dealkylation sites (N-methyl/N-ethyl adjacent to an activating group) is 1. The molecule has 2 aromatic rings. The van der Waals surface area contributed by atoms with Crippen LogP contribution in [-0.4, -0.2) is 25.7 Å². The molecular formula is C16H15N3O. The molecule has 0 saturated carbocycles. The van der Waals surface area contributed by atoms with Crippen molar-refractivity contribution < 1.29 is 4.79 Å². The quantitative estimate of drug-likeness (QED) is 0.782. The lowest BCUT2D eigenvalue weighted by atomic mass is 10.1. The van der Waals surface area contributed by atoms with Crippen molar-refractivity contribution >= 4 is 23.0 Å². The summed E-state index contributed by atoms with van der Waals surface area (Å²) in [5, 5.41) is 6.20. The van der Waals surface area contributed by atoms with Gasteiger partial charge in [-0.2, -0.15) is 5.10 Å². The van der Waals surface area contributed by atoms with E-state index in [0.717, 1.165) is 16.9 Å². The van der Waals surface area contributed by atoms with Crippen molar-refractivity contribution in [1.29, 1.82) is 0 Å². The number of anilines is 2. The number of para-hydroxylation sites is 2. The molecule has 1 aliphatic rings. The summed E-state index contributed by atoms with van der Waals surface area (Å²) in [6, 6.07) is 17.5. The fourth-order valence-corrected chi connectivity index (χ4v) is 2.30. The zero-order valence-corrected chi connectivity index (χ0v) is 11.4. The Morgan fingerprint density at radius 3 is 2.40 bits per heavy atom. The van der Waals surface area contributed by atoms with E-state index in [0.29, 0.717) is 5.71 Å². The second-order valence-corrected chi connectivity index (χ2v) is 4.69. The van der Waals surface area contributed by atoms with Gasteiger partial charge in [-0.15, -0.1) is 0 Å². The number of carbonyl (C=O) groups excluding carboxylic acids is 1. The second kappa shape index (κ2) is 4.81. The van der Waals surface area contributed by atoms with E-state index < -0.39 is 0 Å². The number of amides is 1. The molecule has 0 radical (unpaired) electrons. The van der Waals surface area contributed by atoms with Crippen LogP contribution in [0.15, 0.2) is 59.7 Å². The predicted molar refractivity (Wildman–Crippen MR) is 81.2 cm³/mol. The van der Waals surface area contributed by atoms with Gasteiger partial charge in [0.25, 0.3) is 5.91 Å². The third-order valence-corrected chi connectivity index (χ3v) is 3.41. The number of hydrogen-bond donors (Lipinski definition) is 0. The fraction of sp³-hybridized carbons (Fsp3) is 0.125. The van der Waals surface area contributed by atoms with Gasteiger partial charge in [0.2, 0.25) is 0 Å². The Labute approximate surface area is 117 Å². The predicted octanol–water partition coefficient (Wildman–Crippen LogP) is 2.50. The summed E-state index contributed by atoms with van der Waals surface area (Å²) in [5.74, 6) is -0.0750. The van der Waals surface area contributed by atoms with E-state index in [-0.39, 0.29) is 5.91 Å². The lowest BCUT2D eigenvalue weighted by Crippen LogP contribution is -2.27. The highest BCUT2D eigenvalue weighted by Gasteiger charge is 2.31. The van der Waals surface area contributed by atoms with Crippen molar-refractivity contribution in [2.24, 2.45) is 5.10 Å². The molecule has 0 aliphatic carbocycles. The topological polar surface area (TPSA) is 35.9 Å². The summed E-state index contributed by atoms with van der Waals surface area (Å²) in [5.41, 5.74) is 3.20. The molecule has 0 bridgehead atoms. The van der Waals surface area contributed by atoms with Crippen LogP contribution in [0.5, 0.6) is 0 Å². The third kappa shape index (κ3) is 1.95. The van der Waals surface area contributed by atoms with E-state index in [4.69, 9.17) is 0 Å². The van der Waals surface area contributed by atoms with Gasteiger partial charge < -0.3 is 4.90 Å². The van der Waals surface area contributed by atoms with Crippen molar-refractivity contribution in [3.8, 4) is 0 Å². The van der Waals surface area contributed by atoms with E-state index in [1.165, 1.54) is 0 Å². The van der Waals surface area contributed by atoms with Crippen LogP contribution in [0.25, 0.3) is 0 Å². The normalized spacial score (nSPS) is 15.6. The average molecular weight is 265 g/mol. The van der Waals surface area contributed by atoms with Crippen molar-refractivity contribution in [1.82, 2.24) is 0 Å². The van der Waals surface area contributed by atoms with Crippen molar-refractivity contribution in [2.75, 3.05) is 24.0 Å². The molecule has 4 nitrogen and oxygen atoms in total. The van der Waals surface area contributed by atoms with E-state index in [1.807, 2.05) is 61.6 Å². The van der Waals surface area contributed by atoms with E-state index in [1.54, 1.807) is 17.0 Å². The minimum atomic E-state index is -0.0750. The Balaban J connectivity index is 2.02. The first kappa shape index (κ1) is 12.4. The standard InChI is InChI=1S/C16H15N3O/c1-18-14-11-7-6-10-13(14)15(16(18)20)17-19(2)12-8-4-3-5-9-12/h3-11H,1-2H3. The summed E-state index contributed by atoms with van der Waals surface area (Å²) < 4.78 is 0. The maximum Gasteiger partial charge on any atom is 0.279 e. The van der Waals surface area contributed by atoms with E-state index in [2.05, 4.69) is 5.10 Å². The van der Waals surface area contributed by atoms with Gasteiger partial charge in [-0.3, -0.25) is 9.80 Å². The molecular weight excluding hydrogens is 250 g/mol. The summed E-state index contributed by atoms with van der Waals surface area (Å²) in [7, 11) is 3.61. The molecule has 0 unspecified atom stereocenters. The molecule has 0 saturated heterocycles. The smallest absolute Gasteiger partial charge is 0.279 e. The molecule has 20 heavy (non-hydrogen) atoms. The number of carbonyl (C=O) groups is 1. The van der Waals surface area contributed by atoms with E-state index in [9.17, 15) is 4.79 Å². The summed E-state index contributed by atoms with van der Waals surface area (Å²) >= 11 is 0. The molecule has 1 heterocycles. The highest BCUT2D eigenvalue weighted by atomic mass is 16.2. The van der Waals surface area contributed by atoms with Crippen LogP contribution in [-0.2, 0) is 4.79 Å². The molecule has 0 atom stereocenters. The van der Waals surface area contributed by atoms with Gasteiger partial charge in [-0.25, -0.2) is 0 Å². The maximum atomic E-state index is 12.3. The second-order valence-electron chi connectivity index (χ2n) is 4.69. The molecule has 0 N–H and O–H groups in total. The van der Waals surface area contributed by atoms with Gasteiger partial charge >= 0.3 is 0 Å². The molecule has 2 aromatic carbocycles. The van der Waals surface area contributed by atoms with Crippen molar-refractivity contribution in [3.05, 3.63) is 60.2 Å². The minimum absolute atomic E-state index is 0.0750. The van der Waals surface area contributed by atoms with Gasteiger partial charge in [0, 0.05) is 19.7 Å². The Kier molecular flexibility index (Phi) is 2.99. The van der Waals surface area contributed by atoms with Gasteiger partial charge in [0.1, 0.15) is 0 Å². The highest BCUT2D eigenvalue weighted by Crippen LogP contribution is 2.28. The molecule has 0 aromatic heterocycles.